The lowest BCUT2D eigenvalue weighted by atomic mass is 10.0. The Morgan fingerprint density at radius 1 is 0.346 bits per heavy atom. The van der Waals surface area contributed by atoms with Crippen molar-refractivity contribution in [1.29, 1.82) is 0 Å². The van der Waals surface area contributed by atoms with Gasteiger partial charge in [-0.05, 0) is 32.1 Å². The summed E-state index contributed by atoms with van der Waals surface area (Å²) in [4.78, 5) is 24.5. The van der Waals surface area contributed by atoms with Crippen LogP contribution in [-0.2, 0) is 14.3 Å². The molecule has 0 aromatic rings. The van der Waals surface area contributed by atoms with Crippen LogP contribution in [0.15, 0.2) is 12.2 Å². The number of ether oxygens (including phenoxy) is 1. The topological polar surface area (TPSA) is 95.9 Å². The lowest BCUT2D eigenvalue weighted by molar-refractivity contribution is -0.143. The molecule has 2 atom stereocenters. The van der Waals surface area contributed by atoms with Crippen LogP contribution in [0.1, 0.15) is 412 Å². The minimum absolute atomic E-state index is 0.0219. The number of esters is 1. The van der Waals surface area contributed by atoms with Crippen LogP contribution in [0.3, 0.4) is 0 Å². The summed E-state index contributed by atoms with van der Waals surface area (Å²) < 4.78 is 5.48. The molecule has 6 nitrogen and oxygen atoms in total. The van der Waals surface area contributed by atoms with Crippen molar-refractivity contribution >= 4 is 11.9 Å². The number of hydrogen-bond donors (Lipinski definition) is 3. The molecule has 0 saturated carbocycles. The molecule has 0 fully saturated rings. The van der Waals surface area contributed by atoms with E-state index in [1.165, 1.54) is 347 Å². The first-order chi connectivity index (χ1) is 38.5. The predicted molar refractivity (Wildman–Crippen MR) is 343 cm³/mol. The predicted octanol–water partition coefficient (Wildman–Crippen LogP) is 23.1. The summed E-state index contributed by atoms with van der Waals surface area (Å²) in [7, 11) is 0. The normalized spacial score (nSPS) is 12.5. The lowest BCUT2D eigenvalue weighted by Gasteiger charge is -2.20. The molecule has 1 amide bonds. The molecule has 0 spiro atoms. The number of aliphatic hydroxyl groups excluding tert-OH is 2. The highest BCUT2D eigenvalue weighted by Crippen LogP contribution is 2.19. The third-order valence-electron chi connectivity index (χ3n) is 17.1. The van der Waals surface area contributed by atoms with Crippen molar-refractivity contribution in [3.63, 3.8) is 0 Å². The number of nitrogens with one attached hydrogen (secondary N) is 1. The van der Waals surface area contributed by atoms with Crippen molar-refractivity contribution in [2.75, 3.05) is 13.2 Å². The highest BCUT2D eigenvalue weighted by Gasteiger charge is 2.18. The second-order valence-corrected chi connectivity index (χ2v) is 24.9. The maximum absolute atomic E-state index is 12.5. The number of unbranched alkanes of at least 4 members (excludes halogenated alkanes) is 57. The van der Waals surface area contributed by atoms with Gasteiger partial charge in [0.25, 0.3) is 0 Å². The highest BCUT2D eigenvalue weighted by atomic mass is 16.5. The zero-order chi connectivity index (χ0) is 56.4. The van der Waals surface area contributed by atoms with Gasteiger partial charge >= 0.3 is 5.97 Å². The number of rotatable bonds is 68. The lowest BCUT2D eigenvalue weighted by Crippen LogP contribution is -2.45. The molecule has 0 aromatic carbocycles. The molecule has 0 radical (unpaired) electrons. The average molecular weight is 1100 g/mol. The van der Waals surface area contributed by atoms with E-state index in [0.29, 0.717) is 19.4 Å². The zero-order valence-corrected chi connectivity index (χ0v) is 53.2. The maximum Gasteiger partial charge on any atom is 0.305 e. The summed E-state index contributed by atoms with van der Waals surface area (Å²) in [6.07, 6.45) is 84.5. The van der Waals surface area contributed by atoms with Crippen LogP contribution in [0.2, 0.25) is 0 Å². The average Bonchev–Trinajstić information content (AvgIpc) is 3.44. The van der Waals surface area contributed by atoms with E-state index < -0.39 is 12.1 Å². The van der Waals surface area contributed by atoms with Crippen LogP contribution in [0, 0.1) is 0 Å². The molecule has 0 saturated heterocycles. The summed E-state index contributed by atoms with van der Waals surface area (Å²) in [5, 5.41) is 23.2. The number of carbonyl (C=O) groups is 2. The number of hydrogen-bond acceptors (Lipinski definition) is 5. The van der Waals surface area contributed by atoms with E-state index >= 15 is 0 Å². The molecule has 0 aromatic heterocycles. The Hall–Kier alpha value is -1.40. The fourth-order valence-electron chi connectivity index (χ4n) is 11.6. The van der Waals surface area contributed by atoms with Crippen LogP contribution in [0.4, 0.5) is 0 Å². The summed E-state index contributed by atoms with van der Waals surface area (Å²) in [6.45, 7) is 4.94. The Bertz CT molecular complexity index is 1180. The Morgan fingerprint density at radius 2 is 0.590 bits per heavy atom. The van der Waals surface area contributed by atoms with Gasteiger partial charge in [-0.15, -0.1) is 0 Å². The molecule has 78 heavy (non-hydrogen) atoms. The van der Waals surface area contributed by atoms with Crippen LogP contribution >= 0.6 is 0 Å². The van der Waals surface area contributed by atoms with Crippen LogP contribution in [-0.4, -0.2) is 47.4 Å². The van der Waals surface area contributed by atoms with E-state index in [-0.39, 0.29) is 18.5 Å². The first-order valence-corrected chi connectivity index (χ1v) is 36.0. The van der Waals surface area contributed by atoms with E-state index in [4.69, 9.17) is 4.74 Å². The number of amides is 1. The molecule has 3 N–H and O–H groups in total. The Balaban J connectivity index is 3.33. The van der Waals surface area contributed by atoms with Gasteiger partial charge in [0.05, 0.1) is 25.4 Å². The van der Waals surface area contributed by atoms with Gasteiger partial charge in [-0.25, -0.2) is 0 Å². The van der Waals surface area contributed by atoms with Crippen molar-refractivity contribution in [2.24, 2.45) is 0 Å². The Kier molecular flexibility index (Phi) is 66.9. The summed E-state index contributed by atoms with van der Waals surface area (Å²) in [5.74, 6) is -0.0375. The fraction of sp³-hybridized carbons (Fsp3) is 0.944. The van der Waals surface area contributed by atoms with E-state index in [2.05, 4.69) is 19.2 Å². The fourth-order valence-corrected chi connectivity index (χ4v) is 11.6. The van der Waals surface area contributed by atoms with E-state index in [0.717, 1.165) is 38.5 Å². The van der Waals surface area contributed by atoms with Crippen LogP contribution < -0.4 is 5.32 Å². The molecular weight excluding hydrogens is 959 g/mol. The third-order valence-corrected chi connectivity index (χ3v) is 17.1. The Labute approximate surface area is 489 Å². The summed E-state index contributed by atoms with van der Waals surface area (Å²) >= 11 is 0. The van der Waals surface area contributed by atoms with Crippen LogP contribution in [0.5, 0.6) is 0 Å². The standard InChI is InChI=1S/C72H141NO5/c1-3-5-7-9-11-13-15-16-17-35-38-41-45-48-52-56-60-64-70(75)69(68-74)73-71(76)65-61-57-53-49-46-42-39-36-33-31-29-27-25-23-21-19-18-20-22-24-26-28-30-32-34-37-40-43-47-51-55-59-63-67-78-72(77)66-62-58-54-50-44-14-12-10-8-6-4-2/h60,64,69-70,74-75H,3-59,61-63,65-68H2,1-2H3,(H,73,76)/b64-60+. The van der Waals surface area contributed by atoms with E-state index in [1.54, 1.807) is 6.08 Å². The zero-order valence-electron chi connectivity index (χ0n) is 53.2. The van der Waals surface area contributed by atoms with Gasteiger partial charge in [0.15, 0.2) is 0 Å². The van der Waals surface area contributed by atoms with Gasteiger partial charge < -0.3 is 20.3 Å². The number of carbonyl (C=O) groups excluding carboxylic acids is 2. The first-order valence-electron chi connectivity index (χ1n) is 36.0. The highest BCUT2D eigenvalue weighted by molar-refractivity contribution is 5.76. The molecule has 0 bridgehead atoms. The van der Waals surface area contributed by atoms with Crippen LogP contribution in [0.25, 0.3) is 0 Å². The molecular formula is C72H141NO5. The van der Waals surface area contributed by atoms with Gasteiger partial charge in [0, 0.05) is 12.8 Å². The van der Waals surface area contributed by atoms with Gasteiger partial charge in [0.1, 0.15) is 0 Å². The second kappa shape index (κ2) is 68.1. The van der Waals surface area contributed by atoms with E-state index in [9.17, 15) is 19.8 Å². The number of allylic oxidation sites excluding steroid dienone is 1. The summed E-state index contributed by atoms with van der Waals surface area (Å²) in [5.41, 5.74) is 0. The minimum Gasteiger partial charge on any atom is -0.466 e. The van der Waals surface area contributed by atoms with Gasteiger partial charge in [-0.1, -0.05) is 379 Å². The summed E-state index contributed by atoms with van der Waals surface area (Å²) in [6, 6.07) is -0.623. The molecule has 0 rings (SSSR count). The van der Waals surface area contributed by atoms with Crippen molar-refractivity contribution in [2.45, 2.75) is 424 Å². The van der Waals surface area contributed by atoms with Crippen molar-refractivity contribution < 1.29 is 24.5 Å². The maximum atomic E-state index is 12.5. The van der Waals surface area contributed by atoms with Crippen molar-refractivity contribution in [3.8, 4) is 0 Å². The van der Waals surface area contributed by atoms with Gasteiger partial charge in [-0.3, -0.25) is 9.59 Å². The molecule has 0 heterocycles. The van der Waals surface area contributed by atoms with Crippen molar-refractivity contribution in [1.82, 2.24) is 5.32 Å². The largest absolute Gasteiger partial charge is 0.466 e. The smallest absolute Gasteiger partial charge is 0.305 e. The SMILES string of the molecule is CCCCCCCCCCCCCCCCC/C=C/C(O)C(CO)NC(=O)CCCCCCCCCCCCCCCCCCCCCCCCCCCCCCCCCCCOC(=O)CCCCCCCCCCCCC. The third kappa shape index (κ3) is 63.8. The monoisotopic (exact) mass is 1100 g/mol. The quantitative estimate of drug-likeness (QED) is 0.0320. The molecule has 2 unspecified atom stereocenters. The molecule has 6 heteroatoms. The van der Waals surface area contributed by atoms with Gasteiger partial charge in [-0.2, -0.15) is 0 Å². The number of aliphatic hydroxyl groups is 2. The molecule has 0 aliphatic carbocycles. The molecule has 464 valence electrons. The van der Waals surface area contributed by atoms with Crippen molar-refractivity contribution in [3.05, 3.63) is 12.2 Å². The van der Waals surface area contributed by atoms with Gasteiger partial charge in [0.2, 0.25) is 5.91 Å². The minimum atomic E-state index is -0.840. The Morgan fingerprint density at radius 3 is 0.872 bits per heavy atom. The van der Waals surface area contributed by atoms with E-state index in [1.807, 2.05) is 6.08 Å². The second-order valence-electron chi connectivity index (χ2n) is 24.9. The first kappa shape index (κ1) is 76.6. The molecule has 0 aliphatic rings. The molecule has 0 aliphatic heterocycles.